The number of hydrogen-bond acceptors (Lipinski definition) is 4. The van der Waals surface area contributed by atoms with E-state index in [1.54, 1.807) is 23.5 Å². The van der Waals surface area contributed by atoms with Crippen molar-refractivity contribution in [1.29, 1.82) is 0 Å². The smallest absolute Gasteiger partial charge is 0.251 e. The van der Waals surface area contributed by atoms with Crippen molar-refractivity contribution in [2.24, 2.45) is 5.92 Å². The first kappa shape index (κ1) is 14.4. The van der Waals surface area contributed by atoms with Crippen LogP contribution in [0.15, 0.2) is 35.7 Å². The average Bonchev–Trinajstić information content (AvgIpc) is 3.34. The van der Waals surface area contributed by atoms with E-state index in [1.165, 1.54) is 30.6 Å². The standard InChI is InChI=1S/C17H18N4OS/c22-17(12-7-8-13-14(10-12)20-21-19-13)18-16(11-4-1-2-5-11)15-6-3-9-23-15/h3,6-11,16H,1-2,4-5H2,(H,18,22)(H,19,20,21)/t16-/m0/s1. The monoisotopic (exact) mass is 326 g/mol. The molecule has 0 radical (unpaired) electrons. The fraction of sp³-hybridized carbons (Fsp3) is 0.353. The van der Waals surface area contributed by atoms with Crippen LogP contribution < -0.4 is 5.32 Å². The second-order valence-corrected chi connectivity index (χ2v) is 7.02. The van der Waals surface area contributed by atoms with Crippen LogP contribution in [0.25, 0.3) is 11.0 Å². The fourth-order valence-electron chi connectivity index (χ4n) is 3.39. The lowest BCUT2D eigenvalue weighted by molar-refractivity contribution is 0.0923. The van der Waals surface area contributed by atoms with Crippen molar-refractivity contribution in [3.63, 3.8) is 0 Å². The van der Waals surface area contributed by atoms with Gasteiger partial charge in [-0.15, -0.1) is 11.3 Å². The Morgan fingerprint density at radius 3 is 2.83 bits per heavy atom. The number of nitrogens with one attached hydrogen (secondary N) is 2. The van der Waals surface area contributed by atoms with Crippen molar-refractivity contribution < 1.29 is 4.79 Å². The summed E-state index contributed by atoms with van der Waals surface area (Å²) in [5.41, 5.74) is 2.12. The highest BCUT2D eigenvalue weighted by Gasteiger charge is 2.28. The molecule has 0 spiro atoms. The molecule has 2 heterocycles. The summed E-state index contributed by atoms with van der Waals surface area (Å²) in [6.07, 6.45) is 4.89. The van der Waals surface area contributed by atoms with E-state index in [2.05, 4.69) is 38.2 Å². The van der Waals surface area contributed by atoms with E-state index >= 15 is 0 Å². The molecule has 0 bridgehead atoms. The van der Waals surface area contributed by atoms with Crippen LogP contribution >= 0.6 is 11.3 Å². The summed E-state index contributed by atoms with van der Waals surface area (Å²) in [6, 6.07) is 9.69. The summed E-state index contributed by atoms with van der Waals surface area (Å²) >= 11 is 1.72. The van der Waals surface area contributed by atoms with Gasteiger partial charge in [0.2, 0.25) is 0 Å². The van der Waals surface area contributed by atoms with Crippen LogP contribution in [0.3, 0.4) is 0 Å². The lowest BCUT2D eigenvalue weighted by atomic mass is 9.96. The summed E-state index contributed by atoms with van der Waals surface area (Å²) in [5, 5.41) is 16.0. The Hall–Kier alpha value is -2.21. The van der Waals surface area contributed by atoms with Gasteiger partial charge in [0, 0.05) is 10.4 Å². The molecule has 4 rings (SSSR count). The quantitative estimate of drug-likeness (QED) is 0.768. The molecule has 0 aliphatic heterocycles. The molecule has 1 amide bonds. The second-order valence-electron chi connectivity index (χ2n) is 6.04. The summed E-state index contributed by atoms with van der Waals surface area (Å²) in [4.78, 5) is 14.0. The highest BCUT2D eigenvalue weighted by Crippen LogP contribution is 2.37. The Kier molecular flexibility index (Phi) is 3.83. The molecule has 6 heteroatoms. The molecule has 1 fully saturated rings. The maximum absolute atomic E-state index is 12.7. The number of thiophene rings is 1. The Labute approximate surface area is 138 Å². The maximum atomic E-state index is 12.7. The molecule has 3 aromatic rings. The van der Waals surface area contributed by atoms with Crippen molar-refractivity contribution in [2.75, 3.05) is 0 Å². The first-order valence-electron chi connectivity index (χ1n) is 7.96. The van der Waals surface area contributed by atoms with E-state index in [-0.39, 0.29) is 11.9 Å². The highest BCUT2D eigenvalue weighted by atomic mass is 32.1. The molecule has 118 valence electrons. The van der Waals surface area contributed by atoms with E-state index in [4.69, 9.17) is 0 Å². The molecule has 2 N–H and O–H groups in total. The number of H-pyrrole nitrogens is 1. The van der Waals surface area contributed by atoms with E-state index in [9.17, 15) is 4.79 Å². The molecular formula is C17H18N4OS. The molecule has 0 saturated heterocycles. The van der Waals surface area contributed by atoms with Crippen LogP contribution in [0.1, 0.15) is 47.0 Å². The predicted molar refractivity (Wildman–Crippen MR) is 90.4 cm³/mol. The number of aromatic nitrogens is 3. The minimum absolute atomic E-state index is 0.0415. The predicted octanol–water partition coefficient (Wildman–Crippen LogP) is 3.68. The number of amides is 1. The number of nitrogens with zero attached hydrogens (tertiary/aromatic N) is 2. The number of aromatic amines is 1. The van der Waals surface area contributed by atoms with Crippen molar-refractivity contribution >= 4 is 28.3 Å². The molecule has 1 aromatic carbocycles. The van der Waals surface area contributed by atoms with Crippen molar-refractivity contribution in [2.45, 2.75) is 31.7 Å². The van der Waals surface area contributed by atoms with Crippen molar-refractivity contribution in [3.8, 4) is 0 Å². The Morgan fingerprint density at radius 1 is 1.22 bits per heavy atom. The van der Waals surface area contributed by atoms with Crippen LogP contribution in [-0.2, 0) is 0 Å². The molecule has 0 unspecified atom stereocenters. The Morgan fingerprint density at radius 2 is 2.04 bits per heavy atom. The van der Waals surface area contributed by atoms with Gasteiger partial charge in [-0.1, -0.05) is 18.9 Å². The van der Waals surface area contributed by atoms with E-state index in [1.807, 2.05) is 6.07 Å². The average molecular weight is 326 g/mol. The highest BCUT2D eigenvalue weighted by molar-refractivity contribution is 7.10. The van der Waals surface area contributed by atoms with Gasteiger partial charge in [-0.2, -0.15) is 15.4 Å². The van der Waals surface area contributed by atoms with Gasteiger partial charge >= 0.3 is 0 Å². The topological polar surface area (TPSA) is 70.7 Å². The minimum atomic E-state index is -0.0415. The lowest BCUT2D eigenvalue weighted by Gasteiger charge is -2.23. The van der Waals surface area contributed by atoms with E-state index in [0.29, 0.717) is 17.0 Å². The molecular weight excluding hydrogens is 308 g/mol. The molecule has 23 heavy (non-hydrogen) atoms. The third-order valence-electron chi connectivity index (χ3n) is 4.59. The summed E-state index contributed by atoms with van der Waals surface area (Å²) in [7, 11) is 0. The SMILES string of the molecule is O=C(N[C@H](c1cccs1)C1CCCC1)c1ccc2n[nH]nc2c1. The van der Waals surface area contributed by atoms with Gasteiger partial charge in [-0.25, -0.2) is 0 Å². The normalized spacial score (nSPS) is 16.7. The van der Waals surface area contributed by atoms with Crippen LogP contribution in [0.2, 0.25) is 0 Å². The first-order chi connectivity index (χ1) is 11.3. The number of fused-ring (bicyclic) bond motifs is 1. The van der Waals surface area contributed by atoms with Gasteiger partial charge in [0.1, 0.15) is 11.0 Å². The van der Waals surface area contributed by atoms with Crippen LogP contribution in [-0.4, -0.2) is 21.3 Å². The minimum Gasteiger partial charge on any atom is -0.344 e. The number of hydrogen-bond donors (Lipinski definition) is 2. The van der Waals surface area contributed by atoms with Gasteiger partial charge < -0.3 is 5.32 Å². The molecule has 1 aliphatic carbocycles. The van der Waals surface area contributed by atoms with Gasteiger partial charge in [0.05, 0.1) is 6.04 Å². The van der Waals surface area contributed by atoms with Gasteiger partial charge in [-0.05, 0) is 48.4 Å². The first-order valence-corrected chi connectivity index (χ1v) is 8.84. The van der Waals surface area contributed by atoms with Gasteiger partial charge in [0.25, 0.3) is 5.91 Å². The number of carbonyl (C=O) groups is 1. The van der Waals surface area contributed by atoms with Crippen LogP contribution in [0.5, 0.6) is 0 Å². The van der Waals surface area contributed by atoms with Crippen molar-refractivity contribution in [3.05, 3.63) is 46.2 Å². The zero-order valence-corrected chi connectivity index (χ0v) is 13.5. The number of carbonyl (C=O) groups excluding carboxylic acids is 1. The molecule has 5 nitrogen and oxygen atoms in total. The molecule has 2 aromatic heterocycles. The Bertz CT molecular complexity index is 805. The second kappa shape index (κ2) is 6.12. The zero-order chi connectivity index (χ0) is 15.6. The Balaban J connectivity index is 1.58. The summed E-state index contributed by atoms with van der Waals surface area (Å²) in [6.45, 7) is 0. The molecule has 1 saturated carbocycles. The number of benzene rings is 1. The maximum Gasteiger partial charge on any atom is 0.251 e. The van der Waals surface area contributed by atoms with E-state index in [0.717, 1.165) is 5.52 Å². The van der Waals surface area contributed by atoms with Crippen LogP contribution in [0, 0.1) is 5.92 Å². The molecule has 1 atom stereocenters. The van der Waals surface area contributed by atoms with E-state index < -0.39 is 0 Å². The third-order valence-corrected chi connectivity index (χ3v) is 5.54. The lowest BCUT2D eigenvalue weighted by Crippen LogP contribution is -2.32. The van der Waals surface area contributed by atoms with Gasteiger partial charge in [0.15, 0.2) is 0 Å². The fourth-order valence-corrected chi connectivity index (χ4v) is 4.26. The summed E-state index contributed by atoms with van der Waals surface area (Å²) in [5.74, 6) is 0.494. The van der Waals surface area contributed by atoms with Crippen molar-refractivity contribution in [1.82, 2.24) is 20.7 Å². The van der Waals surface area contributed by atoms with Gasteiger partial charge in [-0.3, -0.25) is 4.79 Å². The molecule has 1 aliphatic rings. The summed E-state index contributed by atoms with van der Waals surface area (Å²) < 4.78 is 0. The zero-order valence-electron chi connectivity index (χ0n) is 12.7. The number of rotatable bonds is 4. The van der Waals surface area contributed by atoms with Crippen LogP contribution in [0.4, 0.5) is 0 Å². The largest absolute Gasteiger partial charge is 0.344 e. The third kappa shape index (κ3) is 2.86.